The minimum Gasteiger partial charge on any atom is -0.396 e. The maximum absolute atomic E-state index is 12.4. The summed E-state index contributed by atoms with van der Waals surface area (Å²) in [6.07, 6.45) is -4.67. The molecule has 112 valence electrons. The second kappa shape index (κ2) is 5.66. The monoisotopic (exact) mass is 292 g/mol. The molecule has 0 atom stereocenters. The molecule has 1 rings (SSSR count). The average Bonchev–Trinajstić information content (AvgIpc) is 2.35. The standard InChI is InChI=1S/C12H15F3N2O3/c1-11(2,6-18)5-16-9(19)7-3-4-8(12(13,14)15)17-10(7)20/h3-4,18H,5-6H2,1-2H3,(H,16,19)(H,17,20). The zero-order valence-corrected chi connectivity index (χ0v) is 11.0. The molecule has 0 aromatic carbocycles. The third-order valence-corrected chi connectivity index (χ3v) is 2.62. The summed E-state index contributed by atoms with van der Waals surface area (Å²) in [6, 6.07) is 1.45. The summed E-state index contributed by atoms with van der Waals surface area (Å²) < 4.78 is 37.1. The zero-order chi connectivity index (χ0) is 15.6. The summed E-state index contributed by atoms with van der Waals surface area (Å²) in [7, 11) is 0. The predicted molar refractivity (Wildman–Crippen MR) is 65.3 cm³/mol. The number of aromatic amines is 1. The van der Waals surface area contributed by atoms with Crippen LogP contribution in [0.5, 0.6) is 0 Å². The quantitative estimate of drug-likeness (QED) is 0.778. The van der Waals surface area contributed by atoms with E-state index in [1.807, 2.05) is 0 Å². The van der Waals surface area contributed by atoms with Gasteiger partial charge in [-0.3, -0.25) is 9.59 Å². The van der Waals surface area contributed by atoms with Crippen molar-refractivity contribution >= 4 is 5.91 Å². The number of hydrogen-bond donors (Lipinski definition) is 3. The molecule has 0 saturated carbocycles. The van der Waals surface area contributed by atoms with Crippen LogP contribution in [-0.4, -0.2) is 29.1 Å². The molecule has 1 heterocycles. The second-order valence-electron chi connectivity index (χ2n) is 5.12. The summed E-state index contributed by atoms with van der Waals surface area (Å²) in [4.78, 5) is 24.8. The van der Waals surface area contributed by atoms with Gasteiger partial charge in [0.25, 0.3) is 11.5 Å². The van der Waals surface area contributed by atoms with Crippen LogP contribution in [0, 0.1) is 5.41 Å². The number of rotatable bonds is 4. The van der Waals surface area contributed by atoms with Gasteiger partial charge in [0.15, 0.2) is 0 Å². The van der Waals surface area contributed by atoms with E-state index in [1.54, 1.807) is 18.8 Å². The molecule has 0 saturated heterocycles. The highest BCUT2D eigenvalue weighted by atomic mass is 19.4. The van der Waals surface area contributed by atoms with Crippen molar-refractivity contribution in [3.8, 4) is 0 Å². The molecule has 0 aliphatic heterocycles. The maximum Gasteiger partial charge on any atom is 0.431 e. The van der Waals surface area contributed by atoms with Gasteiger partial charge in [0.05, 0.1) is 0 Å². The van der Waals surface area contributed by atoms with Gasteiger partial charge in [-0.1, -0.05) is 13.8 Å². The largest absolute Gasteiger partial charge is 0.431 e. The Bertz CT molecular complexity index is 550. The van der Waals surface area contributed by atoms with Gasteiger partial charge >= 0.3 is 6.18 Å². The lowest BCUT2D eigenvalue weighted by Crippen LogP contribution is -2.38. The van der Waals surface area contributed by atoms with Crippen LogP contribution in [0.2, 0.25) is 0 Å². The normalized spacial score (nSPS) is 12.3. The Morgan fingerprint density at radius 3 is 2.40 bits per heavy atom. The summed E-state index contributed by atoms with van der Waals surface area (Å²) >= 11 is 0. The van der Waals surface area contributed by atoms with Crippen LogP contribution in [0.15, 0.2) is 16.9 Å². The van der Waals surface area contributed by atoms with E-state index < -0.39 is 34.3 Å². The van der Waals surface area contributed by atoms with Gasteiger partial charge in [0.2, 0.25) is 0 Å². The summed E-state index contributed by atoms with van der Waals surface area (Å²) in [5.74, 6) is -0.790. The van der Waals surface area contributed by atoms with Crippen LogP contribution in [0.1, 0.15) is 29.9 Å². The van der Waals surface area contributed by atoms with E-state index in [2.05, 4.69) is 5.32 Å². The van der Waals surface area contributed by atoms with Crippen LogP contribution in [-0.2, 0) is 6.18 Å². The van der Waals surface area contributed by atoms with Crippen molar-refractivity contribution in [2.24, 2.45) is 5.41 Å². The lowest BCUT2D eigenvalue weighted by atomic mass is 9.95. The van der Waals surface area contributed by atoms with Crippen molar-refractivity contribution < 1.29 is 23.1 Å². The fourth-order valence-corrected chi connectivity index (χ4v) is 1.29. The Morgan fingerprint density at radius 1 is 1.35 bits per heavy atom. The topological polar surface area (TPSA) is 82.2 Å². The van der Waals surface area contributed by atoms with Gasteiger partial charge in [-0.2, -0.15) is 13.2 Å². The number of alkyl halides is 3. The van der Waals surface area contributed by atoms with Crippen LogP contribution in [0.25, 0.3) is 0 Å². The van der Waals surface area contributed by atoms with Gasteiger partial charge in [0.1, 0.15) is 11.3 Å². The molecule has 3 N–H and O–H groups in total. The highest BCUT2D eigenvalue weighted by Crippen LogP contribution is 2.26. The van der Waals surface area contributed by atoms with Crippen LogP contribution in [0.4, 0.5) is 13.2 Å². The molecule has 5 nitrogen and oxygen atoms in total. The number of hydrogen-bond acceptors (Lipinski definition) is 3. The molecule has 0 aliphatic rings. The SMILES string of the molecule is CC(C)(CO)CNC(=O)c1ccc(C(F)(F)F)[nH]c1=O. The van der Waals surface area contributed by atoms with Gasteiger partial charge in [-0.15, -0.1) is 0 Å². The number of nitrogens with one attached hydrogen (secondary N) is 2. The van der Waals surface area contributed by atoms with Crippen LogP contribution >= 0.6 is 0 Å². The summed E-state index contributed by atoms with van der Waals surface area (Å²) in [5.41, 5.74) is -3.32. The van der Waals surface area contributed by atoms with E-state index in [0.717, 1.165) is 6.07 Å². The van der Waals surface area contributed by atoms with E-state index in [9.17, 15) is 22.8 Å². The Balaban J connectivity index is 2.88. The van der Waals surface area contributed by atoms with Crippen LogP contribution in [0.3, 0.4) is 0 Å². The van der Waals surface area contributed by atoms with Crippen molar-refractivity contribution in [3.63, 3.8) is 0 Å². The molecule has 0 radical (unpaired) electrons. The average molecular weight is 292 g/mol. The van der Waals surface area contributed by atoms with Crippen molar-refractivity contribution in [2.75, 3.05) is 13.2 Å². The third kappa shape index (κ3) is 4.09. The van der Waals surface area contributed by atoms with Gasteiger partial charge in [-0.25, -0.2) is 0 Å². The van der Waals surface area contributed by atoms with Crippen molar-refractivity contribution in [1.82, 2.24) is 10.3 Å². The molecule has 1 amide bonds. The number of carbonyl (C=O) groups excluding carboxylic acids is 1. The number of halogens is 3. The van der Waals surface area contributed by atoms with E-state index >= 15 is 0 Å². The lowest BCUT2D eigenvalue weighted by molar-refractivity contribution is -0.141. The van der Waals surface area contributed by atoms with E-state index in [0.29, 0.717) is 6.07 Å². The molecular weight excluding hydrogens is 277 g/mol. The molecule has 8 heteroatoms. The number of aromatic nitrogens is 1. The maximum atomic E-state index is 12.4. The minimum atomic E-state index is -4.67. The van der Waals surface area contributed by atoms with Crippen LogP contribution < -0.4 is 10.9 Å². The Morgan fingerprint density at radius 2 is 1.95 bits per heavy atom. The highest BCUT2D eigenvalue weighted by Gasteiger charge is 2.32. The zero-order valence-electron chi connectivity index (χ0n) is 11.0. The molecule has 1 aromatic heterocycles. The predicted octanol–water partition coefficient (Wildman–Crippen LogP) is 1.14. The third-order valence-electron chi connectivity index (χ3n) is 2.62. The smallest absolute Gasteiger partial charge is 0.396 e. The lowest BCUT2D eigenvalue weighted by Gasteiger charge is -2.21. The molecule has 0 spiro atoms. The molecule has 0 fully saturated rings. The first kappa shape index (κ1) is 16.2. The highest BCUT2D eigenvalue weighted by molar-refractivity contribution is 5.93. The van der Waals surface area contributed by atoms with E-state index in [-0.39, 0.29) is 13.2 Å². The van der Waals surface area contributed by atoms with Crippen molar-refractivity contribution in [2.45, 2.75) is 20.0 Å². The molecule has 0 aliphatic carbocycles. The number of H-pyrrole nitrogens is 1. The van der Waals surface area contributed by atoms with Gasteiger partial charge in [-0.05, 0) is 12.1 Å². The molecule has 0 bridgehead atoms. The Labute approximate surface area is 112 Å². The number of carbonyl (C=O) groups is 1. The van der Waals surface area contributed by atoms with Crippen molar-refractivity contribution in [1.29, 1.82) is 0 Å². The fourth-order valence-electron chi connectivity index (χ4n) is 1.29. The molecule has 0 unspecified atom stereocenters. The first-order chi connectivity index (χ1) is 9.07. The summed E-state index contributed by atoms with van der Waals surface area (Å²) in [5, 5.41) is 11.4. The summed E-state index contributed by atoms with van der Waals surface area (Å²) in [6.45, 7) is 3.27. The minimum absolute atomic E-state index is 0.0861. The van der Waals surface area contributed by atoms with E-state index in [4.69, 9.17) is 5.11 Å². The first-order valence-electron chi connectivity index (χ1n) is 5.76. The second-order valence-corrected chi connectivity index (χ2v) is 5.12. The molecule has 20 heavy (non-hydrogen) atoms. The molecular formula is C12H15F3N2O3. The number of aliphatic hydroxyl groups excluding tert-OH is 1. The molecule has 1 aromatic rings. The Hall–Kier alpha value is -1.83. The first-order valence-corrected chi connectivity index (χ1v) is 5.76. The number of amides is 1. The Kier molecular flexibility index (Phi) is 4.59. The van der Waals surface area contributed by atoms with Crippen molar-refractivity contribution in [3.05, 3.63) is 33.7 Å². The van der Waals surface area contributed by atoms with E-state index in [1.165, 1.54) is 0 Å². The number of pyridine rings is 1. The van der Waals surface area contributed by atoms with Gasteiger partial charge in [0, 0.05) is 18.6 Å². The fraction of sp³-hybridized carbons (Fsp3) is 0.500. The van der Waals surface area contributed by atoms with Gasteiger partial charge < -0.3 is 15.4 Å². The number of aliphatic hydroxyl groups is 1.